The van der Waals surface area contributed by atoms with Gasteiger partial charge in [-0.2, -0.15) is 0 Å². The molecule has 0 aliphatic carbocycles. The number of thioether (sulfide) groups is 1. The van der Waals surface area contributed by atoms with E-state index in [1.165, 1.54) is 11.8 Å². The normalized spacial score (nSPS) is 12.0. The molecule has 0 radical (unpaired) electrons. The third-order valence-corrected chi connectivity index (χ3v) is 7.66. The summed E-state index contributed by atoms with van der Waals surface area (Å²) in [5.74, 6) is -4.55. The molecule has 0 saturated heterocycles. The van der Waals surface area contributed by atoms with E-state index >= 15 is 0 Å². The summed E-state index contributed by atoms with van der Waals surface area (Å²) in [6, 6.07) is 29.2. The largest absolute Gasteiger partial charge is 0.473 e. The van der Waals surface area contributed by atoms with Crippen molar-refractivity contribution in [2.75, 3.05) is 12.3 Å². The summed E-state index contributed by atoms with van der Waals surface area (Å²) in [6.07, 6.45) is -0.722. The van der Waals surface area contributed by atoms with Crippen molar-refractivity contribution < 1.29 is 43.7 Å². The topological polar surface area (TPSA) is 168 Å². The summed E-state index contributed by atoms with van der Waals surface area (Å²) < 4.78 is 10.1. The van der Waals surface area contributed by atoms with Crippen molar-refractivity contribution in [3.8, 4) is 0 Å². The van der Waals surface area contributed by atoms with Crippen molar-refractivity contribution in [1.82, 2.24) is 10.6 Å². The zero-order chi connectivity index (χ0) is 35.3. The second kappa shape index (κ2) is 17.2. The second-order valence-corrected chi connectivity index (χ2v) is 13.4. The molecule has 12 heteroatoms. The highest BCUT2D eigenvalue weighted by Gasteiger charge is 2.39. The number of carbonyl (C=O) groups is 5. The van der Waals surface area contributed by atoms with Crippen LogP contribution >= 0.6 is 11.8 Å². The van der Waals surface area contributed by atoms with Gasteiger partial charge in [-0.05, 0) is 58.2 Å². The molecule has 0 fully saturated rings. The molecular weight excluding hydrogens is 624 g/mol. The average Bonchev–Trinajstić information content (AvgIpc) is 2.99. The molecule has 0 aliphatic rings. The Hall–Kier alpha value is -4.84. The van der Waals surface area contributed by atoms with Crippen LogP contribution in [0.3, 0.4) is 0 Å². The molecule has 1 atom stereocenters. The minimum atomic E-state index is -1.82. The fourth-order valence-corrected chi connectivity index (χ4v) is 5.83. The van der Waals surface area contributed by atoms with Crippen LogP contribution in [0.2, 0.25) is 0 Å². The van der Waals surface area contributed by atoms with E-state index in [0.717, 1.165) is 16.7 Å². The number of aliphatic carboxylic acids is 2. The maximum atomic E-state index is 13.4. The molecule has 0 saturated carbocycles. The number of hydrogen-bond donors (Lipinski definition) is 4. The number of rotatable bonds is 10. The number of hydrogen-bond acceptors (Lipinski definition) is 8. The maximum Gasteiger partial charge on any atom is 0.414 e. The highest BCUT2D eigenvalue weighted by atomic mass is 32.2. The minimum Gasteiger partial charge on any atom is -0.473 e. The molecule has 0 bridgehead atoms. The summed E-state index contributed by atoms with van der Waals surface area (Å²) in [5, 5.41) is 20.1. The number of alkyl carbamates (subject to hydrolysis) is 1. The number of carboxylic acid groups (broad SMARTS) is 2. The molecule has 0 aromatic heterocycles. The van der Waals surface area contributed by atoms with E-state index in [-0.39, 0.29) is 12.3 Å². The third-order valence-electron chi connectivity index (χ3n) is 6.02. The monoisotopic (exact) mass is 666 g/mol. The van der Waals surface area contributed by atoms with Gasteiger partial charge in [0, 0.05) is 5.75 Å². The number of carboxylic acids is 2. The fourth-order valence-electron chi connectivity index (χ4n) is 4.27. The van der Waals surface area contributed by atoms with E-state index in [2.05, 4.69) is 47.0 Å². The zero-order valence-electron chi connectivity index (χ0n) is 27.3. The molecule has 252 valence electrons. The van der Waals surface area contributed by atoms with E-state index in [0.29, 0.717) is 0 Å². The predicted molar refractivity (Wildman–Crippen MR) is 179 cm³/mol. The standard InChI is InChI=1S/C33H40N2O5S.C2H2O4/c1-31(2,3)39-28(36)22-34-29(37)27(35-30(38)40-32(4,5)6)23-41-33(24-16-10-7-11-17-24,25-18-12-8-13-19-25)26-20-14-9-15-21-26;3-1(4)2(5)6/h7-21,27H,22-23H2,1-6H3,(H,34,37)(H,35,38);(H,3,4)(H,5,6). The van der Waals surface area contributed by atoms with E-state index in [1.807, 2.05) is 54.6 Å². The van der Waals surface area contributed by atoms with Crippen LogP contribution < -0.4 is 10.6 Å². The second-order valence-electron chi connectivity index (χ2n) is 12.2. The van der Waals surface area contributed by atoms with E-state index in [9.17, 15) is 14.4 Å². The average molecular weight is 667 g/mol. The van der Waals surface area contributed by atoms with Crippen molar-refractivity contribution in [3.05, 3.63) is 108 Å². The fraction of sp³-hybridized carbons (Fsp3) is 0.343. The molecule has 3 rings (SSSR count). The van der Waals surface area contributed by atoms with Crippen molar-refractivity contribution >= 4 is 41.7 Å². The van der Waals surface area contributed by atoms with Crippen LogP contribution in [0.4, 0.5) is 4.79 Å². The molecule has 1 unspecified atom stereocenters. The van der Waals surface area contributed by atoms with Gasteiger partial charge in [0.15, 0.2) is 0 Å². The quantitative estimate of drug-likeness (QED) is 0.128. The summed E-state index contributed by atoms with van der Waals surface area (Å²) in [7, 11) is 0. The van der Waals surface area contributed by atoms with Gasteiger partial charge in [0.2, 0.25) is 5.91 Å². The van der Waals surface area contributed by atoms with Crippen LogP contribution in [0, 0.1) is 0 Å². The van der Waals surface area contributed by atoms with Crippen LogP contribution in [0.25, 0.3) is 0 Å². The van der Waals surface area contributed by atoms with Crippen LogP contribution in [0.5, 0.6) is 0 Å². The number of benzene rings is 3. The summed E-state index contributed by atoms with van der Waals surface area (Å²) in [6.45, 7) is 10.2. The first-order chi connectivity index (χ1) is 21.9. The van der Waals surface area contributed by atoms with Gasteiger partial charge >= 0.3 is 24.0 Å². The summed E-state index contributed by atoms with van der Waals surface area (Å²) >= 11 is 1.52. The zero-order valence-corrected chi connectivity index (χ0v) is 28.1. The molecule has 0 spiro atoms. The lowest BCUT2D eigenvalue weighted by atomic mass is 9.84. The Morgan fingerprint density at radius 1 is 0.660 bits per heavy atom. The minimum absolute atomic E-state index is 0.179. The summed E-state index contributed by atoms with van der Waals surface area (Å²) in [5.41, 5.74) is 1.62. The lowest BCUT2D eigenvalue weighted by Crippen LogP contribution is -2.51. The van der Waals surface area contributed by atoms with Crippen LogP contribution in [-0.4, -0.2) is 69.7 Å². The summed E-state index contributed by atoms with van der Waals surface area (Å²) in [4.78, 5) is 56.8. The van der Waals surface area contributed by atoms with Gasteiger partial charge in [-0.15, -0.1) is 11.8 Å². The van der Waals surface area contributed by atoms with Gasteiger partial charge in [-0.3, -0.25) is 9.59 Å². The smallest absolute Gasteiger partial charge is 0.414 e. The van der Waals surface area contributed by atoms with Crippen molar-refractivity contribution in [1.29, 1.82) is 0 Å². The Morgan fingerprint density at radius 3 is 1.38 bits per heavy atom. The van der Waals surface area contributed by atoms with Gasteiger partial charge in [0.1, 0.15) is 23.8 Å². The number of esters is 1. The lowest BCUT2D eigenvalue weighted by molar-refractivity contribution is -0.159. The molecule has 4 N–H and O–H groups in total. The molecular formula is C35H42N2O9S. The Bertz CT molecular complexity index is 1380. The van der Waals surface area contributed by atoms with Gasteiger partial charge in [-0.25, -0.2) is 14.4 Å². The van der Waals surface area contributed by atoms with Crippen molar-refractivity contribution in [2.45, 2.75) is 63.5 Å². The number of carbonyl (C=O) groups excluding carboxylic acids is 3. The van der Waals surface area contributed by atoms with E-state index in [4.69, 9.17) is 29.3 Å². The SMILES string of the molecule is CC(C)(C)OC(=O)CNC(=O)C(CSC(c1ccccc1)(c1ccccc1)c1ccccc1)NC(=O)OC(C)(C)C.O=C(O)C(=O)O. The highest BCUT2D eigenvalue weighted by molar-refractivity contribution is 8.00. The van der Waals surface area contributed by atoms with E-state index in [1.54, 1.807) is 41.5 Å². The Kier molecular flexibility index (Phi) is 14.0. The number of amides is 2. The Balaban J connectivity index is 0.00000117. The van der Waals surface area contributed by atoms with Crippen molar-refractivity contribution in [2.24, 2.45) is 0 Å². The Morgan fingerprint density at radius 2 is 1.04 bits per heavy atom. The first-order valence-electron chi connectivity index (χ1n) is 14.7. The molecule has 0 heterocycles. The van der Waals surface area contributed by atoms with Crippen molar-refractivity contribution in [3.63, 3.8) is 0 Å². The molecule has 47 heavy (non-hydrogen) atoms. The van der Waals surface area contributed by atoms with Crippen LogP contribution in [-0.2, 0) is 33.4 Å². The predicted octanol–water partition coefficient (Wildman–Crippen LogP) is 5.22. The molecule has 0 aliphatic heterocycles. The molecule has 3 aromatic rings. The van der Waals surface area contributed by atoms with Crippen LogP contribution in [0.15, 0.2) is 91.0 Å². The third kappa shape index (κ3) is 12.8. The highest BCUT2D eigenvalue weighted by Crippen LogP contribution is 2.48. The Labute approximate surface area is 279 Å². The molecule has 11 nitrogen and oxygen atoms in total. The first kappa shape index (κ1) is 38.3. The maximum absolute atomic E-state index is 13.4. The molecule has 3 aromatic carbocycles. The van der Waals surface area contributed by atoms with Crippen LogP contribution in [0.1, 0.15) is 58.2 Å². The number of ether oxygens (including phenoxy) is 2. The van der Waals surface area contributed by atoms with E-state index < -0.39 is 51.9 Å². The molecule has 2 amide bonds. The first-order valence-corrected chi connectivity index (χ1v) is 15.7. The van der Waals surface area contributed by atoms with Gasteiger partial charge in [0.05, 0.1) is 4.75 Å². The van der Waals surface area contributed by atoms with Gasteiger partial charge in [-0.1, -0.05) is 91.0 Å². The lowest BCUT2D eigenvalue weighted by Gasteiger charge is -2.36. The van der Waals surface area contributed by atoms with Gasteiger partial charge < -0.3 is 30.3 Å². The van der Waals surface area contributed by atoms with Gasteiger partial charge in [0.25, 0.3) is 0 Å². The number of nitrogens with one attached hydrogen (secondary N) is 2.